The molecule has 0 saturated heterocycles. The number of carbonyl (C=O) groups is 1. The average Bonchev–Trinajstić information content (AvgIpc) is 2.71. The summed E-state index contributed by atoms with van der Waals surface area (Å²) in [6.07, 6.45) is 0. The van der Waals surface area contributed by atoms with E-state index in [0.717, 1.165) is 11.3 Å². The summed E-state index contributed by atoms with van der Waals surface area (Å²) in [6, 6.07) is 6.80. The van der Waals surface area contributed by atoms with Crippen molar-refractivity contribution in [3.8, 4) is 0 Å². The van der Waals surface area contributed by atoms with Crippen molar-refractivity contribution in [2.45, 2.75) is 0 Å². The molecule has 0 bridgehead atoms. The monoisotopic (exact) mass is 238 g/mol. The van der Waals surface area contributed by atoms with Crippen molar-refractivity contribution >= 4 is 34.0 Å². The second-order valence-corrected chi connectivity index (χ2v) is 3.81. The molecule has 4 nitrogen and oxygen atoms in total. The van der Waals surface area contributed by atoms with Crippen molar-refractivity contribution in [3.63, 3.8) is 0 Å². The van der Waals surface area contributed by atoms with E-state index in [1.807, 2.05) is 0 Å². The summed E-state index contributed by atoms with van der Waals surface area (Å²) in [7, 11) is 0. The molecule has 0 unspecified atom stereocenters. The molecule has 1 aromatic heterocycles. The zero-order valence-electron chi connectivity index (χ0n) is 7.40. The summed E-state index contributed by atoms with van der Waals surface area (Å²) >= 11 is 6.99. The predicted molar refractivity (Wildman–Crippen MR) is 58.2 cm³/mol. The van der Waals surface area contributed by atoms with Crippen molar-refractivity contribution in [2.24, 2.45) is 0 Å². The molecule has 0 atom stereocenters. The standard InChI is InChI=1S/C9H5ClN3OS/c10-7-4-2-1-3-6(7)8(14)12-9-13-11-5-15-9/h1-4H,(H,12,13,14). The van der Waals surface area contributed by atoms with Gasteiger partial charge in [0, 0.05) is 0 Å². The largest absolute Gasteiger partial charge is 0.296 e. The molecule has 0 spiro atoms. The van der Waals surface area contributed by atoms with Gasteiger partial charge >= 0.3 is 0 Å². The summed E-state index contributed by atoms with van der Waals surface area (Å²) < 4.78 is 0. The van der Waals surface area contributed by atoms with Gasteiger partial charge in [-0.15, -0.1) is 10.2 Å². The molecule has 1 N–H and O–H groups in total. The lowest BCUT2D eigenvalue weighted by Gasteiger charge is -2.02. The van der Waals surface area contributed by atoms with Crippen LogP contribution < -0.4 is 5.32 Å². The molecule has 1 aromatic carbocycles. The second kappa shape index (κ2) is 4.37. The number of benzene rings is 1. The molecule has 6 heteroatoms. The summed E-state index contributed by atoms with van der Waals surface area (Å²) in [5, 5.41) is 10.5. The van der Waals surface area contributed by atoms with E-state index in [9.17, 15) is 4.79 Å². The van der Waals surface area contributed by atoms with Crippen LogP contribution in [0.3, 0.4) is 0 Å². The molecule has 1 radical (unpaired) electrons. The number of carbonyl (C=O) groups excluding carboxylic acids is 1. The van der Waals surface area contributed by atoms with E-state index >= 15 is 0 Å². The number of rotatable bonds is 2. The topological polar surface area (TPSA) is 54.9 Å². The fourth-order valence-corrected chi connectivity index (χ4v) is 1.63. The SMILES string of the molecule is O=C(Nc1nn[c]s1)c1ccccc1Cl. The summed E-state index contributed by atoms with van der Waals surface area (Å²) in [6.45, 7) is 0. The number of nitrogens with one attached hydrogen (secondary N) is 1. The maximum absolute atomic E-state index is 11.7. The number of amides is 1. The molecule has 0 aliphatic carbocycles. The van der Waals surface area contributed by atoms with Gasteiger partial charge in [0.15, 0.2) is 5.51 Å². The Morgan fingerprint density at radius 2 is 2.27 bits per heavy atom. The summed E-state index contributed by atoms with van der Waals surface area (Å²) in [5.74, 6) is -0.300. The van der Waals surface area contributed by atoms with Gasteiger partial charge in [-0.05, 0) is 12.1 Å². The Morgan fingerprint density at radius 3 is 2.93 bits per heavy atom. The third-order valence-electron chi connectivity index (χ3n) is 1.66. The van der Waals surface area contributed by atoms with Gasteiger partial charge < -0.3 is 0 Å². The molecule has 0 aliphatic heterocycles. The first-order valence-corrected chi connectivity index (χ1v) is 5.22. The minimum absolute atomic E-state index is 0.300. The van der Waals surface area contributed by atoms with E-state index in [-0.39, 0.29) is 5.91 Å². The molecule has 1 amide bonds. The molecular formula is C9H5ClN3OS. The van der Waals surface area contributed by atoms with Crippen LogP contribution in [0.15, 0.2) is 24.3 Å². The van der Waals surface area contributed by atoms with Gasteiger partial charge in [0.2, 0.25) is 5.13 Å². The number of anilines is 1. The highest BCUT2D eigenvalue weighted by atomic mass is 35.5. The highest BCUT2D eigenvalue weighted by Gasteiger charge is 2.10. The van der Waals surface area contributed by atoms with Crippen LogP contribution in [0.4, 0.5) is 5.13 Å². The van der Waals surface area contributed by atoms with Gasteiger partial charge in [0.25, 0.3) is 5.91 Å². The Hall–Kier alpha value is -1.46. The molecule has 2 rings (SSSR count). The second-order valence-electron chi connectivity index (χ2n) is 2.63. The lowest BCUT2D eigenvalue weighted by molar-refractivity contribution is 0.102. The number of halogens is 1. The first-order valence-electron chi connectivity index (χ1n) is 4.03. The van der Waals surface area contributed by atoms with Gasteiger partial charge in [-0.25, -0.2) is 0 Å². The van der Waals surface area contributed by atoms with Crippen molar-refractivity contribution < 1.29 is 4.79 Å². The molecule has 1 heterocycles. The van der Waals surface area contributed by atoms with Crippen LogP contribution in [0, 0.1) is 5.51 Å². The molecular weight excluding hydrogens is 234 g/mol. The van der Waals surface area contributed by atoms with Crippen LogP contribution >= 0.6 is 22.9 Å². The number of nitrogens with zero attached hydrogens (tertiary/aromatic N) is 2. The fourth-order valence-electron chi connectivity index (χ4n) is 1.01. The van der Waals surface area contributed by atoms with Crippen LogP contribution in [0.1, 0.15) is 10.4 Å². The van der Waals surface area contributed by atoms with Crippen molar-refractivity contribution in [1.29, 1.82) is 0 Å². The van der Waals surface area contributed by atoms with Gasteiger partial charge in [0.1, 0.15) is 0 Å². The van der Waals surface area contributed by atoms with Crippen LogP contribution in [-0.2, 0) is 0 Å². The molecule has 0 aliphatic rings. The van der Waals surface area contributed by atoms with Gasteiger partial charge in [-0.2, -0.15) is 0 Å². The maximum Gasteiger partial charge on any atom is 0.259 e. The van der Waals surface area contributed by atoms with E-state index in [0.29, 0.717) is 15.7 Å². The van der Waals surface area contributed by atoms with Gasteiger partial charge in [0.05, 0.1) is 10.6 Å². The van der Waals surface area contributed by atoms with Crippen molar-refractivity contribution in [3.05, 3.63) is 40.4 Å². The predicted octanol–water partition coefficient (Wildman–Crippen LogP) is 2.24. The van der Waals surface area contributed by atoms with Crippen LogP contribution in [0.5, 0.6) is 0 Å². The average molecular weight is 239 g/mol. The van der Waals surface area contributed by atoms with Crippen molar-refractivity contribution in [1.82, 2.24) is 10.2 Å². The Labute approximate surface area is 94.9 Å². The zero-order chi connectivity index (χ0) is 10.7. The molecule has 2 aromatic rings. The highest BCUT2D eigenvalue weighted by molar-refractivity contribution is 7.13. The van der Waals surface area contributed by atoms with E-state index < -0.39 is 0 Å². The lowest BCUT2D eigenvalue weighted by atomic mass is 10.2. The summed E-state index contributed by atoms with van der Waals surface area (Å²) in [5.41, 5.74) is 2.95. The minimum Gasteiger partial charge on any atom is -0.296 e. The maximum atomic E-state index is 11.7. The molecule has 15 heavy (non-hydrogen) atoms. The Morgan fingerprint density at radius 1 is 1.47 bits per heavy atom. The van der Waals surface area contributed by atoms with E-state index in [1.54, 1.807) is 24.3 Å². The van der Waals surface area contributed by atoms with Crippen LogP contribution in [-0.4, -0.2) is 16.1 Å². The Kier molecular flexibility index (Phi) is 2.94. The molecule has 0 fully saturated rings. The third kappa shape index (κ3) is 2.31. The Balaban J connectivity index is 2.19. The van der Waals surface area contributed by atoms with E-state index in [2.05, 4.69) is 21.0 Å². The van der Waals surface area contributed by atoms with E-state index in [4.69, 9.17) is 11.6 Å². The number of aromatic nitrogens is 2. The first kappa shape index (κ1) is 10.1. The number of hydrogen-bond donors (Lipinski definition) is 1. The van der Waals surface area contributed by atoms with Crippen molar-refractivity contribution in [2.75, 3.05) is 5.32 Å². The third-order valence-corrected chi connectivity index (χ3v) is 2.54. The Bertz CT molecular complexity index is 472. The quantitative estimate of drug-likeness (QED) is 0.873. The van der Waals surface area contributed by atoms with E-state index in [1.165, 1.54) is 0 Å². The minimum atomic E-state index is -0.300. The molecule has 75 valence electrons. The fraction of sp³-hybridized carbons (Fsp3) is 0. The highest BCUT2D eigenvalue weighted by Crippen LogP contribution is 2.17. The smallest absolute Gasteiger partial charge is 0.259 e. The first-order chi connectivity index (χ1) is 7.27. The molecule has 0 saturated carbocycles. The van der Waals surface area contributed by atoms with Gasteiger partial charge in [-0.1, -0.05) is 35.1 Å². The van der Waals surface area contributed by atoms with Crippen LogP contribution in [0.2, 0.25) is 5.02 Å². The lowest BCUT2D eigenvalue weighted by Crippen LogP contribution is -2.12. The van der Waals surface area contributed by atoms with Gasteiger partial charge in [-0.3, -0.25) is 10.1 Å². The normalized spacial score (nSPS) is 9.93. The number of hydrogen-bond acceptors (Lipinski definition) is 4. The summed E-state index contributed by atoms with van der Waals surface area (Å²) in [4.78, 5) is 11.7. The zero-order valence-corrected chi connectivity index (χ0v) is 8.97. The van der Waals surface area contributed by atoms with Crippen LogP contribution in [0.25, 0.3) is 0 Å².